The van der Waals surface area contributed by atoms with Gasteiger partial charge in [-0.2, -0.15) is 0 Å². The zero-order chi connectivity index (χ0) is 34.0. The van der Waals surface area contributed by atoms with Crippen molar-refractivity contribution in [1.82, 2.24) is 35.9 Å². The van der Waals surface area contributed by atoms with Crippen molar-refractivity contribution in [2.45, 2.75) is 62.7 Å². The van der Waals surface area contributed by atoms with Gasteiger partial charge in [0, 0.05) is 65.4 Å². The molecule has 2 aromatic carbocycles. The number of aromatic amines is 3. The maximum Gasteiger partial charge on any atom is 0.326 e. The van der Waals surface area contributed by atoms with E-state index in [2.05, 4.69) is 35.9 Å². The van der Waals surface area contributed by atoms with Gasteiger partial charge in [0.25, 0.3) is 0 Å². The van der Waals surface area contributed by atoms with Crippen LogP contribution < -0.4 is 27.4 Å². The first-order chi connectivity index (χ1) is 23.2. The molecule has 3 heterocycles. The van der Waals surface area contributed by atoms with Crippen LogP contribution in [-0.4, -0.2) is 79.4 Å². The Kier molecular flexibility index (Phi) is 11.2. The highest BCUT2D eigenvalue weighted by Crippen LogP contribution is 2.21. The summed E-state index contributed by atoms with van der Waals surface area (Å²) in [6.45, 7) is 0.476. The van der Waals surface area contributed by atoms with E-state index in [4.69, 9.17) is 11.5 Å². The van der Waals surface area contributed by atoms with Crippen molar-refractivity contribution in [3.05, 3.63) is 90.3 Å². The summed E-state index contributed by atoms with van der Waals surface area (Å²) >= 11 is 0. The maximum absolute atomic E-state index is 14.0. The van der Waals surface area contributed by atoms with E-state index >= 15 is 0 Å². The molecular formula is C34H41N9O5. The summed E-state index contributed by atoms with van der Waals surface area (Å²) in [6, 6.07) is 10.6. The molecule has 5 aromatic rings. The number of carbonyl (C=O) groups excluding carboxylic acids is 3. The van der Waals surface area contributed by atoms with E-state index < -0.39 is 47.9 Å². The van der Waals surface area contributed by atoms with Crippen molar-refractivity contribution < 1.29 is 24.3 Å². The Morgan fingerprint density at radius 3 is 1.83 bits per heavy atom. The van der Waals surface area contributed by atoms with Gasteiger partial charge in [0.15, 0.2) is 0 Å². The molecule has 48 heavy (non-hydrogen) atoms. The molecule has 3 amide bonds. The van der Waals surface area contributed by atoms with Crippen LogP contribution in [0.2, 0.25) is 0 Å². The van der Waals surface area contributed by atoms with Crippen LogP contribution in [0.25, 0.3) is 21.8 Å². The van der Waals surface area contributed by atoms with Crippen LogP contribution in [0.1, 0.15) is 36.1 Å². The summed E-state index contributed by atoms with van der Waals surface area (Å²) in [5.74, 6) is -3.08. The number of nitrogens with two attached hydrogens (primary N) is 2. The Balaban J connectivity index is 1.36. The number of aromatic nitrogens is 4. The second-order valence-electron chi connectivity index (χ2n) is 11.8. The van der Waals surface area contributed by atoms with E-state index in [1.54, 1.807) is 12.4 Å². The molecule has 0 saturated carbocycles. The Bertz CT molecular complexity index is 1850. The summed E-state index contributed by atoms with van der Waals surface area (Å²) < 4.78 is 0. The highest BCUT2D eigenvalue weighted by molar-refractivity contribution is 5.95. The van der Waals surface area contributed by atoms with Gasteiger partial charge >= 0.3 is 5.97 Å². The van der Waals surface area contributed by atoms with Crippen molar-refractivity contribution in [2.24, 2.45) is 11.5 Å². The number of imidazole rings is 1. The molecule has 0 spiro atoms. The number of nitrogens with one attached hydrogen (secondary N) is 6. The molecule has 4 atom stereocenters. The van der Waals surface area contributed by atoms with Crippen LogP contribution in [0.15, 0.2) is 73.4 Å². The molecule has 0 aliphatic heterocycles. The van der Waals surface area contributed by atoms with Crippen LogP contribution in [0, 0.1) is 0 Å². The van der Waals surface area contributed by atoms with Crippen molar-refractivity contribution in [3.8, 4) is 0 Å². The van der Waals surface area contributed by atoms with E-state index in [0.29, 0.717) is 31.5 Å². The van der Waals surface area contributed by atoms with E-state index in [1.807, 2.05) is 48.5 Å². The third-order valence-corrected chi connectivity index (χ3v) is 8.36. The number of nitrogens with zero attached hydrogens (tertiary/aromatic N) is 1. The molecule has 4 unspecified atom stereocenters. The van der Waals surface area contributed by atoms with Gasteiger partial charge in [-0.15, -0.1) is 0 Å². The van der Waals surface area contributed by atoms with Crippen molar-refractivity contribution in [1.29, 1.82) is 0 Å². The lowest BCUT2D eigenvalue weighted by molar-refractivity contribution is -0.142. The number of amides is 3. The molecule has 0 bridgehead atoms. The van der Waals surface area contributed by atoms with Gasteiger partial charge in [-0.25, -0.2) is 9.78 Å². The van der Waals surface area contributed by atoms with Gasteiger partial charge in [0.05, 0.1) is 12.4 Å². The molecule has 0 saturated heterocycles. The molecule has 11 N–H and O–H groups in total. The van der Waals surface area contributed by atoms with Gasteiger partial charge in [0.2, 0.25) is 17.7 Å². The van der Waals surface area contributed by atoms with Gasteiger partial charge in [0.1, 0.15) is 18.1 Å². The Morgan fingerprint density at radius 1 is 0.729 bits per heavy atom. The molecule has 0 fully saturated rings. The number of fused-ring (bicyclic) bond motifs is 2. The summed E-state index contributed by atoms with van der Waals surface area (Å²) in [5, 5.41) is 19.9. The van der Waals surface area contributed by atoms with Crippen LogP contribution in [-0.2, 0) is 38.4 Å². The zero-order valence-corrected chi connectivity index (χ0v) is 26.4. The molecule has 252 valence electrons. The molecule has 5 rings (SSSR count). The molecule has 0 radical (unpaired) electrons. The molecule has 14 heteroatoms. The van der Waals surface area contributed by atoms with E-state index in [1.165, 1.54) is 12.5 Å². The Morgan fingerprint density at radius 2 is 1.27 bits per heavy atom. The van der Waals surface area contributed by atoms with E-state index in [9.17, 15) is 24.3 Å². The largest absolute Gasteiger partial charge is 0.480 e. The van der Waals surface area contributed by atoms with Gasteiger partial charge in [-0.1, -0.05) is 42.8 Å². The van der Waals surface area contributed by atoms with Crippen LogP contribution >= 0.6 is 0 Å². The number of para-hydroxylation sites is 2. The molecule has 14 nitrogen and oxygen atoms in total. The fourth-order valence-corrected chi connectivity index (χ4v) is 5.74. The first kappa shape index (κ1) is 33.9. The van der Waals surface area contributed by atoms with Crippen LogP contribution in [0.5, 0.6) is 0 Å². The lowest BCUT2D eigenvalue weighted by Crippen LogP contribution is -2.58. The molecule has 0 aliphatic carbocycles. The van der Waals surface area contributed by atoms with E-state index in [0.717, 1.165) is 32.9 Å². The number of hydrogen-bond donors (Lipinski definition) is 9. The van der Waals surface area contributed by atoms with Crippen LogP contribution in [0.4, 0.5) is 0 Å². The lowest BCUT2D eigenvalue weighted by Gasteiger charge is -2.25. The van der Waals surface area contributed by atoms with E-state index in [-0.39, 0.29) is 19.3 Å². The third kappa shape index (κ3) is 8.46. The SMILES string of the molecule is NCCCCC(N)C(=O)NC(Cc1c[nH]c2ccccc12)C(=O)NC(Cc1cnc[nH]1)C(=O)NC(Cc1c[nH]c2ccccc12)C(=O)O. The Labute approximate surface area is 276 Å². The zero-order valence-electron chi connectivity index (χ0n) is 26.4. The minimum Gasteiger partial charge on any atom is -0.480 e. The predicted octanol–water partition coefficient (Wildman–Crippen LogP) is 1.40. The summed E-state index contributed by atoms with van der Waals surface area (Å²) in [6.07, 6.45) is 8.30. The average molecular weight is 656 g/mol. The third-order valence-electron chi connectivity index (χ3n) is 8.36. The summed E-state index contributed by atoms with van der Waals surface area (Å²) in [7, 11) is 0. The number of carbonyl (C=O) groups is 4. The van der Waals surface area contributed by atoms with Gasteiger partial charge in [-0.3, -0.25) is 14.4 Å². The highest BCUT2D eigenvalue weighted by Gasteiger charge is 2.32. The molecule has 3 aromatic heterocycles. The number of hydrogen-bond acceptors (Lipinski definition) is 7. The number of benzene rings is 2. The highest BCUT2D eigenvalue weighted by atomic mass is 16.4. The molecule has 0 aliphatic rings. The lowest BCUT2D eigenvalue weighted by atomic mass is 10.0. The minimum absolute atomic E-state index is 0.0106. The Hall–Kier alpha value is -5.47. The number of carboxylic acid groups (broad SMARTS) is 1. The number of carboxylic acids is 1. The predicted molar refractivity (Wildman–Crippen MR) is 181 cm³/mol. The fraction of sp³-hybridized carbons (Fsp3) is 0.324. The first-order valence-electron chi connectivity index (χ1n) is 15.9. The average Bonchev–Trinajstić information content (AvgIpc) is 3.84. The number of rotatable bonds is 17. The fourth-order valence-electron chi connectivity index (χ4n) is 5.74. The summed E-state index contributed by atoms with van der Waals surface area (Å²) in [4.78, 5) is 66.4. The number of aliphatic carboxylic acids is 1. The van der Waals surface area contributed by atoms with Crippen molar-refractivity contribution >= 4 is 45.5 Å². The van der Waals surface area contributed by atoms with Gasteiger partial charge < -0.3 is 47.5 Å². The summed E-state index contributed by atoms with van der Waals surface area (Å²) in [5.41, 5.74) is 15.5. The second kappa shape index (κ2) is 15.9. The maximum atomic E-state index is 14.0. The van der Waals surface area contributed by atoms with Crippen molar-refractivity contribution in [3.63, 3.8) is 0 Å². The monoisotopic (exact) mass is 655 g/mol. The second-order valence-corrected chi connectivity index (χ2v) is 11.8. The smallest absolute Gasteiger partial charge is 0.326 e. The number of unbranched alkanes of at least 4 members (excludes halogenated alkanes) is 1. The number of H-pyrrole nitrogens is 3. The standard InChI is InChI=1S/C34H41N9O5/c35-12-6-5-9-25(36)31(44)41-28(13-20-16-38-26-10-3-1-7-23(20)26)32(45)42-29(15-22-18-37-19-40-22)33(46)43-30(34(47)48)14-21-17-39-27-11-4-2-8-24(21)27/h1-4,7-8,10-11,16-19,25,28-30,38-39H,5-6,9,12-15,35-36H2,(H,37,40)(H,41,44)(H,42,45)(H,43,46)(H,47,48). The molecular weight excluding hydrogens is 614 g/mol. The quantitative estimate of drug-likeness (QED) is 0.0662. The first-order valence-corrected chi connectivity index (χ1v) is 15.9. The van der Waals surface area contributed by atoms with Gasteiger partial charge in [-0.05, 0) is 42.6 Å². The van der Waals surface area contributed by atoms with Crippen molar-refractivity contribution in [2.75, 3.05) is 6.54 Å². The topological polar surface area (TPSA) is 237 Å². The normalized spacial score (nSPS) is 13.9. The van der Waals surface area contributed by atoms with Crippen LogP contribution in [0.3, 0.4) is 0 Å². The minimum atomic E-state index is -1.29.